The van der Waals surface area contributed by atoms with Crippen molar-refractivity contribution >= 4 is 5.91 Å². The summed E-state index contributed by atoms with van der Waals surface area (Å²) < 4.78 is 5.42. The van der Waals surface area contributed by atoms with E-state index in [4.69, 9.17) is 4.74 Å². The predicted octanol–water partition coefficient (Wildman–Crippen LogP) is 0.850. The summed E-state index contributed by atoms with van der Waals surface area (Å²) in [5.74, 6) is -0.118. The number of amides is 1. The summed E-state index contributed by atoms with van der Waals surface area (Å²) in [5, 5.41) is 3.07. The van der Waals surface area contributed by atoms with E-state index < -0.39 is 0 Å². The molecule has 3 heterocycles. The van der Waals surface area contributed by atoms with Gasteiger partial charge in [-0.05, 0) is 25.7 Å². The number of rotatable bonds is 3. The summed E-state index contributed by atoms with van der Waals surface area (Å²) in [6.45, 7) is 3.87. The van der Waals surface area contributed by atoms with Crippen molar-refractivity contribution in [2.24, 2.45) is 0 Å². The first-order valence-corrected chi connectivity index (χ1v) is 7.71. The van der Waals surface area contributed by atoms with Crippen LogP contribution in [-0.2, 0) is 4.74 Å². The minimum atomic E-state index is -0.118. The lowest BCUT2D eigenvalue weighted by atomic mass is 9.99. The number of likely N-dealkylation sites (tertiary alicyclic amines) is 1. The minimum absolute atomic E-state index is 0.118. The highest BCUT2D eigenvalue weighted by Gasteiger charge is 2.27. The van der Waals surface area contributed by atoms with Gasteiger partial charge in [-0.2, -0.15) is 0 Å². The van der Waals surface area contributed by atoms with Crippen molar-refractivity contribution in [3.63, 3.8) is 0 Å². The van der Waals surface area contributed by atoms with Crippen LogP contribution in [0.2, 0.25) is 0 Å². The lowest BCUT2D eigenvalue weighted by molar-refractivity contribution is 0.0238. The second kappa shape index (κ2) is 6.95. The maximum atomic E-state index is 12.1. The standard InChI is InChI=1S/C15H22N4O2/c20-15(14-11-16-5-6-17-14)18-12-1-7-19(8-2-12)13-3-9-21-10-4-13/h5-6,11-13H,1-4,7-10H2,(H,18,20). The van der Waals surface area contributed by atoms with E-state index in [1.165, 1.54) is 6.20 Å². The Bertz CT molecular complexity index is 454. The van der Waals surface area contributed by atoms with Gasteiger partial charge in [0.15, 0.2) is 0 Å². The highest BCUT2D eigenvalue weighted by molar-refractivity contribution is 5.92. The number of carbonyl (C=O) groups excluding carboxylic acids is 1. The summed E-state index contributed by atoms with van der Waals surface area (Å²) in [6.07, 6.45) is 8.90. The summed E-state index contributed by atoms with van der Waals surface area (Å²) in [7, 11) is 0. The van der Waals surface area contributed by atoms with Crippen LogP contribution in [0.3, 0.4) is 0 Å². The molecule has 6 nitrogen and oxygen atoms in total. The second-order valence-electron chi connectivity index (χ2n) is 5.72. The zero-order chi connectivity index (χ0) is 14.5. The van der Waals surface area contributed by atoms with Crippen LogP contribution in [0, 0.1) is 0 Å². The molecule has 1 aromatic rings. The smallest absolute Gasteiger partial charge is 0.271 e. The second-order valence-corrected chi connectivity index (χ2v) is 5.72. The van der Waals surface area contributed by atoms with Crippen LogP contribution in [0.25, 0.3) is 0 Å². The van der Waals surface area contributed by atoms with Crippen molar-refractivity contribution in [3.8, 4) is 0 Å². The minimum Gasteiger partial charge on any atom is -0.381 e. The highest BCUT2D eigenvalue weighted by Crippen LogP contribution is 2.20. The van der Waals surface area contributed by atoms with Gasteiger partial charge in [-0.25, -0.2) is 4.98 Å². The summed E-state index contributed by atoms with van der Waals surface area (Å²) in [4.78, 5) is 22.6. The molecule has 2 aliphatic heterocycles. The Hall–Kier alpha value is -1.53. The van der Waals surface area contributed by atoms with Gasteiger partial charge in [-0.1, -0.05) is 0 Å². The number of ether oxygens (including phenoxy) is 1. The zero-order valence-corrected chi connectivity index (χ0v) is 12.2. The molecule has 1 N–H and O–H groups in total. The van der Waals surface area contributed by atoms with Gasteiger partial charge in [0.2, 0.25) is 0 Å². The fourth-order valence-electron chi connectivity index (χ4n) is 3.13. The maximum Gasteiger partial charge on any atom is 0.271 e. The molecule has 0 saturated carbocycles. The molecule has 2 aliphatic rings. The van der Waals surface area contributed by atoms with Crippen LogP contribution in [0.15, 0.2) is 18.6 Å². The predicted molar refractivity (Wildman–Crippen MR) is 77.9 cm³/mol. The molecule has 2 saturated heterocycles. The molecule has 114 valence electrons. The van der Waals surface area contributed by atoms with Crippen LogP contribution < -0.4 is 5.32 Å². The van der Waals surface area contributed by atoms with Crippen molar-refractivity contribution in [2.75, 3.05) is 26.3 Å². The number of aromatic nitrogens is 2. The quantitative estimate of drug-likeness (QED) is 0.894. The van der Waals surface area contributed by atoms with Crippen molar-refractivity contribution < 1.29 is 9.53 Å². The summed E-state index contributed by atoms with van der Waals surface area (Å²) >= 11 is 0. The van der Waals surface area contributed by atoms with Crippen LogP contribution in [0.5, 0.6) is 0 Å². The normalized spacial score (nSPS) is 22.1. The Morgan fingerprint density at radius 2 is 1.95 bits per heavy atom. The number of hydrogen-bond donors (Lipinski definition) is 1. The molecule has 0 atom stereocenters. The fraction of sp³-hybridized carbons (Fsp3) is 0.667. The third kappa shape index (κ3) is 3.77. The Labute approximate surface area is 124 Å². The molecule has 0 unspecified atom stereocenters. The Balaban J connectivity index is 1.46. The Kier molecular flexibility index (Phi) is 4.77. The van der Waals surface area contributed by atoms with Crippen LogP contribution in [-0.4, -0.2) is 59.2 Å². The van der Waals surface area contributed by atoms with E-state index in [0.29, 0.717) is 11.7 Å². The molecule has 0 aromatic carbocycles. The number of piperidine rings is 1. The van der Waals surface area contributed by atoms with Gasteiger partial charge in [0.1, 0.15) is 5.69 Å². The third-order valence-corrected chi connectivity index (χ3v) is 4.37. The number of nitrogens with zero attached hydrogens (tertiary/aromatic N) is 3. The van der Waals surface area contributed by atoms with Crippen molar-refractivity contribution in [2.45, 2.75) is 37.8 Å². The number of hydrogen-bond acceptors (Lipinski definition) is 5. The maximum absolute atomic E-state index is 12.1. The molecule has 0 bridgehead atoms. The lowest BCUT2D eigenvalue weighted by Crippen LogP contribution is -2.49. The molecule has 1 aromatic heterocycles. The molecular formula is C15H22N4O2. The largest absolute Gasteiger partial charge is 0.381 e. The number of nitrogens with one attached hydrogen (secondary N) is 1. The van der Waals surface area contributed by atoms with E-state index in [2.05, 4.69) is 20.2 Å². The van der Waals surface area contributed by atoms with Crippen molar-refractivity contribution in [1.29, 1.82) is 0 Å². The van der Waals surface area contributed by atoms with E-state index in [-0.39, 0.29) is 11.9 Å². The van der Waals surface area contributed by atoms with Crippen LogP contribution >= 0.6 is 0 Å². The molecule has 0 radical (unpaired) electrons. The van der Waals surface area contributed by atoms with Gasteiger partial charge in [-0.3, -0.25) is 9.78 Å². The monoisotopic (exact) mass is 290 g/mol. The fourth-order valence-corrected chi connectivity index (χ4v) is 3.13. The summed E-state index contributed by atoms with van der Waals surface area (Å²) in [5.41, 5.74) is 0.393. The van der Waals surface area contributed by atoms with E-state index in [1.54, 1.807) is 12.4 Å². The first-order valence-electron chi connectivity index (χ1n) is 7.71. The van der Waals surface area contributed by atoms with Crippen molar-refractivity contribution in [3.05, 3.63) is 24.3 Å². The van der Waals surface area contributed by atoms with Crippen molar-refractivity contribution in [1.82, 2.24) is 20.2 Å². The molecule has 2 fully saturated rings. The Morgan fingerprint density at radius 3 is 2.62 bits per heavy atom. The van der Waals surface area contributed by atoms with E-state index in [1.807, 2.05) is 0 Å². The van der Waals surface area contributed by atoms with Gasteiger partial charge < -0.3 is 15.0 Å². The average Bonchev–Trinajstić information content (AvgIpc) is 2.57. The van der Waals surface area contributed by atoms with Gasteiger partial charge in [0.25, 0.3) is 5.91 Å². The van der Waals surface area contributed by atoms with Gasteiger partial charge >= 0.3 is 0 Å². The zero-order valence-electron chi connectivity index (χ0n) is 12.2. The molecule has 0 aliphatic carbocycles. The molecule has 6 heteroatoms. The van der Waals surface area contributed by atoms with E-state index in [0.717, 1.165) is 52.0 Å². The SMILES string of the molecule is O=C(NC1CCN(C2CCOCC2)CC1)c1cnccn1. The topological polar surface area (TPSA) is 67.4 Å². The average molecular weight is 290 g/mol. The number of carbonyl (C=O) groups is 1. The van der Waals surface area contributed by atoms with Gasteiger partial charge in [0.05, 0.1) is 6.20 Å². The molecule has 1 amide bonds. The lowest BCUT2D eigenvalue weighted by Gasteiger charge is -2.39. The highest BCUT2D eigenvalue weighted by atomic mass is 16.5. The van der Waals surface area contributed by atoms with Gasteiger partial charge in [0, 0.05) is 50.8 Å². The van der Waals surface area contributed by atoms with Gasteiger partial charge in [-0.15, -0.1) is 0 Å². The molecule has 3 rings (SSSR count). The van der Waals surface area contributed by atoms with Crippen LogP contribution in [0.4, 0.5) is 0 Å². The Morgan fingerprint density at radius 1 is 1.19 bits per heavy atom. The van der Waals surface area contributed by atoms with Crippen LogP contribution in [0.1, 0.15) is 36.2 Å². The molecule has 0 spiro atoms. The summed E-state index contributed by atoms with van der Waals surface area (Å²) in [6, 6.07) is 0.908. The molecule has 21 heavy (non-hydrogen) atoms. The van der Waals surface area contributed by atoms with E-state index >= 15 is 0 Å². The third-order valence-electron chi connectivity index (χ3n) is 4.37. The first kappa shape index (κ1) is 14.4. The van der Waals surface area contributed by atoms with E-state index in [9.17, 15) is 4.79 Å². The molecular weight excluding hydrogens is 268 g/mol. The first-order chi connectivity index (χ1) is 10.3.